The van der Waals surface area contributed by atoms with E-state index >= 15 is 0 Å². The van der Waals surface area contributed by atoms with Crippen molar-refractivity contribution in [3.05, 3.63) is 29.0 Å². The Hall–Kier alpha value is -1.66. The SMILES string of the molecule is Cc1sc(-c2ccco2)nc1C(=O)N1CC(CN)CC1C. The third-order valence-electron chi connectivity index (χ3n) is 3.99. The molecule has 2 aromatic heterocycles. The van der Waals surface area contributed by atoms with Gasteiger partial charge in [-0.2, -0.15) is 0 Å². The minimum Gasteiger partial charge on any atom is -0.462 e. The first-order valence-corrected chi connectivity index (χ1v) is 7.94. The molecule has 2 unspecified atom stereocenters. The first-order chi connectivity index (χ1) is 10.1. The van der Waals surface area contributed by atoms with E-state index in [0.717, 1.165) is 22.9 Å². The summed E-state index contributed by atoms with van der Waals surface area (Å²) in [5.41, 5.74) is 6.27. The Morgan fingerprint density at radius 1 is 1.62 bits per heavy atom. The van der Waals surface area contributed by atoms with Crippen molar-refractivity contribution in [2.24, 2.45) is 11.7 Å². The minimum absolute atomic E-state index is 0.00464. The second-order valence-corrected chi connectivity index (χ2v) is 6.75. The summed E-state index contributed by atoms with van der Waals surface area (Å²) in [6.07, 6.45) is 2.58. The van der Waals surface area contributed by atoms with Crippen molar-refractivity contribution in [3.63, 3.8) is 0 Å². The van der Waals surface area contributed by atoms with Crippen molar-refractivity contribution >= 4 is 17.2 Å². The smallest absolute Gasteiger partial charge is 0.273 e. The van der Waals surface area contributed by atoms with Gasteiger partial charge in [-0.3, -0.25) is 4.79 Å². The van der Waals surface area contributed by atoms with E-state index in [0.29, 0.717) is 23.9 Å². The van der Waals surface area contributed by atoms with Gasteiger partial charge in [-0.15, -0.1) is 11.3 Å². The van der Waals surface area contributed by atoms with Crippen molar-refractivity contribution in [1.82, 2.24) is 9.88 Å². The van der Waals surface area contributed by atoms with Crippen molar-refractivity contribution in [3.8, 4) is 10.8 Å². The maximum absolute atomic E-state index is 12.7. The molecule has 0 aliphatic carbocycles. The number of amides is 1. The van der Waals surface area contributed by atoms with E-state index in [1.807, 2.05) is 24.0 Å². The van der Waals surface area contributed by atoms with Crippen LogP contribution in [0.1, 0.15) is 28.7 Å². The van der Waals surface area contributed by atoms with Gasteiger partial charge in [0.15, 0.2) is 10.8 Å². The van der Waals surface area contributed by atoms with Gasteiger partial charge >= 0.3 is 0 Å². The van der Waals surface area contributed by atoms with Crippen LogP contribution in [0.2, 0.25) is 0 Å². The highest BCUT2D eigenvalue weighted by atomic mass is 32.1. The molecule has 1 aliphatic rings. The summed E-state index contributed by atoms with van der Waals surface area (Å²) in [5.74, 6) is 1.11. The Morgan fingerprint density at radius 3 is 3.05 bits per heavy atom. The zero-order chi connectivity index (χ0) is 15.0. The molecule has 3 rings (SSSR count). The number of aryl methyl sites for hydroxylation is 1. The molecule has 0 spiro atoms. The predicted octanol–water partition coefficient (Wildman–Crippen LogP) is 2.52. The molecule has 21 heavy (non-hydrogen) atoms. The van der Waals surface area contributed by atoms with Crippen molar-refractivity contribution in [2.45, 2.75) is 26.3 Å². The monoisotopic (exact) mass is 305 g/mol. The lowest BCUT2D eigenvalue weighted by Crippen LogP contribution is -2.35. The number of aromatic nitrogens is 1. The lowest BCUT2D eigenvalue weighted by Gasteiger charge is -2.20. The quantitative estimate of drug-likeness (QED) is 0.945. The fourth-order valence-corrected chi connectivity index (χ4v) is 3.71. The van der Waals surface area contributed by atoms with E-state index < -0.39 is 0 Å². The number of rotatable bonds is 3. The number of carbonyl (C=O) groups is 1. The van der Waals surface area contributed by atoms with Gasteiger partial charge in [-0.25, -0.2) is 4.98 Å². The predicted molar refractivity (Wildman–Crippen MR) is 82.2 cm³/mol. The van der Waals surface area contributed by atoms with Crippen LogP contribution in [0.25, 0.3) is 10.8 Å². The van der Waals surface area contributed by atoms with E-state index in [-0.39, 0.29) is 11.9 Å². The van der Waals surface area contributed by atoms with Crippen LogP contribution >= 0.6 is 11.3 Å². The van der Waals surface area contributed by atoms with Crippen LogP contribution in [0, 0.1) is 12.8 Å². The molecule has 1 amide bonds. The molecule has 5 nitrogen and oxygen atoms in total. The van der Waals surface area contributed by atoms with Gasteiger partial charge in [0.25, 0.3) is 5.91 Å². The Balaban J connectivity index is 1.85. The Kier molecular flexibility index (Phi) is 3.82. The van der Waals surface area contributed by atoms with E-state index in [1.165, 1.54) is 11.3 Å². The van der Waals surface area contributed by atoms with Gasteiger partial charge in [0.2, 0.25) is 0 Å². The second-order valence-electron chi connectivity index (χ2n) is 5.55. The molecule has 1 saturated heterocycles. The number of carbonyl (C=O) groups excluding carboxylic acids is 1. The summed E-state index contributed by atoms with van der Waals surface area (Å²) in [4.78, 5) is 20.0. The highest BCUT2D eigenvalue weighted by Gasteiger charge is 2.34. The number of likely N-dealkylation sites (tertiary alicyclic amines) is 1. The van der Waals surface area contributed by atoms with Crippen LogP contribution in [0.4, 0.5) is 0 Å². The topological polar surface area (TPSA) is 72.4 Å². The molecule has 0 radical (unpaired) electrons. The Labute approximate surface area is 127 Å². The summed E-state index contributed by atoms with van der Waals surface area (Å²) in [7, 11) is 0. The van der Waals surface area contributed by atoms with Crippen molar-refractivity contribution < 1.29 is 9.21 Å². The third kappa shape index (κ3) is 2.61. The van der Waals surface area contributed by atoms with E-state index in [4.69, 9.17) is 10.2 Å². The summed E-state index contributed by atoms with van der Waals surface area (Å²) in [5, 5.41) is 0.753. The molecule has 2 aromatic rings. The molecule has 2 N–H and O–H groups in total. The Bertz CT molecular complexity index is 635. The molecule has 0 aromatic carbocycles. The van der Waals surface area contributed by atoms with Crippen LogP contribution < -0.4 is 5.73 Å². The molecule has 2 atom stereocenters. The minimum atomic E-state index is 0.00464. The fourth-order valence-electron chi connectivity index (χ4n) is 2.83. The van der Waals surface area contributed by atoms with Crippen LogP contribution in [0.15, 0.2) is 22.8 Å². The molecular formula is C15H19N3O2S. The van der Waals surface area contributed by atoms with Crippen LogP contribution in [-0.2, 0) is 0 Å². The maximum atomic E-state index is 12.7. The standard InChI is InChI=1S/C15H19N3O2S/c1-9-6-11(7-16)8-18(9)15(19)13-10(2)21-14(17-13)12-4-3-5-20-12/h3-5,9,11H,6-8,16H2,1-2H3. The van der Waals surface area contributed by atoms with Crippen molar-refractivity contribution in [2.75, 3.05) is 13.1 Å². The molecule has 1 aliphatic heterocycles. The third-order valence-corrected chi connectivity index (χ3v) is 4.97. The van der Waals surface area contributed by atoms with E-state index in [1.54, 1.807) is 6.26 Å². The molecular weight excluding hydrogens is 286 g/mol. The summed E-state index contributed by atoms with van der Waals surface area (Å²) < 4.78 is 5.36. The number of nitrogens with zero attached hydrogens (tertiary/aromatic N) is 2. The largest absolute Gasteiger partial charge is 0.462 e. The first-order valence-electron chi connectivity index (χ1n) is 7.12. The lowest BCUT2D eigenvalue weighted by atomic mass is 10.1. The highest BCUT2D eigenvalue weighted by Crippen LogP contribution is 2.30. The lowest BCUT2D eigenvalue weighted by molar-refractivity contribution is 0.0737. The van der Waals surface area contributed by atoms with Crippen LogP contribution in [0.3, 0.4) is 0 Å². The molecule has 3 heterocycles. The first kappa shape index (κ1) is 14.3. The zero-order valence-electron chi connectivity index (χ0n) is 12.2. The zero-order valence-corrected chi connectivity index (χ0v) is 13.0. The number of hydrogen-bond acceptors (Lipinski definition) is 5. The fraction of sp³-hybridized carbons (Fsp3) is 0.467. The van der Waals surface area contributed by atoms with E-state index in [9.17, 15) is 4.79 Å². The molecule has 0 bridgehead atoms. The van der Waals surface area contributed by atoms with Crippen LogP contribution in [-0.4, -0.2) is 34.9 Å². The summed E-state index contributed by atoms with van der Waals surface area (Å²) in [6, 6.07) is 3.90. The normalized spacial score (nSPS) is 22.0. The average molecular weight is 305 g/mol. The van der Waals surface area contributed by atoms with Gasteiger partial charge in [-0.05, 0) is 44.9 Å². The van der Waals surface area contributed by atoms with Gasteiger partial charge in [0.05, 0.1) is 6.26 Å². The van der Waals surface area contributed by atoms with Crippen molar-refractivity contribution in [1.29, 1.82) is 0 Å². The average Bonchev–Trinajstić information content (AvgIpc) is 3.16. The molecule has 0 saturated carbocycles. The number of thiazole rings is 1. The molecule has 112 valence electrons. The van der Waals surface area contributed by atoms with Gasteiger partial charge in [-0.1, -0.05) is 0 Å². The van der Waals surface area contributed by atoms with Crippen LogP contribution in [0.5, 0.6) is 0 Å². The maximum Gasteiger partial charge on any atom is 0.273 e. The van der Waals surface area contributed by atoms with Gasteiger partial charge < -0.3 is 15.1 Å². The summed E-state index contributed by atoms with van der Waals surface area (Å²) >= 11 is 1.49. The number of furan rings is 1. The van der Waals surface area contributed by atoms with Gasteiger partial charge in [0, 0.05) is 17.5 Å². The van der Waals surface area contributed by atoms with Gasteiger partial charge in [0.1, 0.15) is 5.69 Å². The van der Waals surface area contributed by atoms with E-state index in [2.05, 4.69) is 11.9 Å². The highest BCUT2D eigenvalue weighted by molar-refractivity contribution is 7.15. The molecule has 6 heteroatoms. The molecule has 1 fully saturated rings. The Morgan fingerprint density at radius 2 is 2.43 bits per heavy atom. The number of hydrogen-bond donors (Lipinski definition) is 1. The summed E-state index contributed by atoms with van der Waals surface area (Å²) in [6.45, 7) is 5.35. The number of nitrogens with two attached hydrogens (primary N) is 1. The second kappa shape index (κ2) is 5.61.